The molecule has 2 amide bonds. The van der Waals surface area contributed by atoms with E-state index in [1.165, 1.54) is 11.3 Å². The smallest absolute Gasteiger partial charge is 0.252 e. The highest BCUT2D eigenvalue weighted by atomic mass is 32.1. The zero-order chi connectivity index (χ0) is 19.5. The molecule has 27 heavy (non-hydrogen) atoms. The molecule has 1 aromatic carbocycles. The number of thiol groups is 1. The van der Waals surface area contributed by atoms with E-state index < -0.39 is 0 Å². The van der Waals surface area contributed by atoms with Crippen LogP contribution in [0.5, 0.6) is 0 Å². The molecule has 0 unspecified atom stereocenters. The minimum Gasteiger partial charge on any atom is -0.352 e. The molecule has 0 fully saturated rings. The number of hydroxylamine groups is 1. The summed E-state index contributed by atoms with van der Waals surface area (Å²) in [5.41, 5.74) is 4.36. The molecule has 0 bridgehead atoms. The predicted octanol–water partition coefficient (Wildman–Crippen LogP) is 3.90. The van der Waals surface area contributed by atoms with Gasteiger partial charge in [-0.15, -0.1) is 11.3 Å². The summed E-state index contributed by atoms with van der Waals surface area (Å²) in [5, 5.41) is 13.4. The van der Waals surface area contributed by atoms with E-state index >= 15 is 0 Å². The zero-order valence-corrected chi connectivity index (χ0v) is 16.7. The lowest BCUT2D eigenvalue weighted by atomic mass is 10.1. The maximum absolute atomic E-state index is 12.7. The van der Waals surface area contributed by atoms with Gasteiger partial charge in [-0.25, -0.2) is 5.48 Å². The fourth-order valence-electron chi connectivity index (χ4n) is 2.51. The summed E-state index contributed by atoms with van der Waals surface area (Å²) in [6, 6.07) is 11.8. The number of carbonyl (C=O) groups excluding carboxylic acids is 2. The van der Waals surface area contributed by atoms with E-state index in [4.69, 9.17) is 5.21 Å². The Labute approximate surface area is 168 Å². The Balaban J connectivity index is 1.94. The minimum absolute atomic E-state index is 0.108. The first-order valence-corrected chi connectivity index (χ1v) is 10.3. The molecule has 1 aromatic heterocycles. The molecule has 2 aromatic rings. The number of amides is 2. The van der Waals surface area contributed by atoms with Gasteiger partial charge in [0.05, 0.1) is 5.57 Å². The van der Waals surface area contributed by atoms with Gasteiger partial charge in [0.1, 0.15) is 0 Å². The molecule has 0 saturated heterocycles. The van der Waals surface area contributed by atoms with E-state index in [0.29, 0.717) is 24.3 Å². The molecule has 0 atom stereocenters. The van der Waals surface area contributed by atoms with E-state index in [0.717, 1.165) is 28.8 Å². The number of benzene rings is 1. The van der Waals surface area contributed by atoms with Gasteiger partial charge in [0.2, 0.25) is 5.91 Å². The maximum Gasteiger partial charge on any atom is 0.252 e. The summed E-state index contributed by atoms with van der Waals surface area (Å²) >= 11 is 5.79. The Hall–Kier alpha value is -2.09. The summed E-state index contributed by atoms with van der Waals surface area (Å²) in [5.74, 6) is 0.192. The normalized spacial score (nSPS) is 11.3. The van der Waals surface area contributed by atoms with Crippen molar-refractivity contribution in [3.63, 3.8) is 0 Å². The highest BCUT2D eigenvalue weighted by Gasteiger charge is 2.13. The first-order chi connectivity index (χ1) is 13.1. The topological polar surface area (TPSA) is 78.4 Å². The SMILES string of the molecule is O=C(CCCCCNC(=O)/C(=C/c1ccc(CS)cc1)c1cccs1)NO. The number of nitrogens with one attached hydrogen (secondary N) is 2. The monoisotopic (exact) mass is 404 g/mol. The van der Waals surface area contributed by atoms with Gasteiger partial charge in [0, 0.05) is 23.6 Å². The van der Waals surface area contributed by atoms with Gasteiger partial charge in [-0.3, -0.25) is 14.8 Å². The summed E-state index contributed by atoms with van der Waals surface area (Å²) in [6.07, 6.45) is 4.44. The van der Waals surface area contributed by atoms with Crippen LogP contribution < -0.4 is 10.8 Å². The lowest BCUT2D eigenvalue weighted by molar-refractivity contribution is -0.129. The number of carbonyl (C=O) groups is 2. The van der Waals surface area contributed by atoms with Crippen molar-refractivity contribution in [3.8, 4) is 0 Å². The highest BCUT2D eigenvalue weighted by Crippen LogP contribution is 2.23. The van der Waals surface area contributed by atoms with Gasteiger partial charge < -0.3 is 5.32 Å². The second kappa shape index (κ2) is 11.6. The highest BCUT2D eigenvalue weighted by molar-refractivity contribution is 7.79. The van der Waals surface area contributed by atoms with Crippen LogP contribution in [0.2, 0.25) is 0 Å². The zero-order valence-electron chi connectivity index (χ0n) is 15.0. The van der Waals surface area contributed by atoms with Crippen LogP contribution in [-0.2, 0) is 15.3 Å². The standard InChI is InChI=1S/C20H24N2O3S2/c23-19(22-25)6-2-1-3-11-21-20(24)17(18-5-4-12-27-18)13-15-7-9-16(14-26)10-8-15/h4-5,7-10,12-13,25-26H,1-3,6,11,14H2,(H,21,24)(H,22,23)/b17-13+. The van der Waals surface area contributed by atoms with Crippen LogP contribution in [0.1, 0.15) is 41.7 Å². The molecule has 0 aliphatic carbocycles. The molecule has 0 saturated carbocycles. The molecule has 1 heterocycles. The van der Waals surface area contributed by atoms with E-state index in [-0.39, 0.29) is 18.2 Å². The van der Waals surface area contributed by atoms with E-state index in [1.54, 1.807) is 5.48 Å². The van der Waals surface area contributed by atoms with Gasteiger partial charge in [-0.1, -0.05) is 36.8 Å². The number of hydrogen-bond donors (Lipinski definition) is 4. The van der Waals surface area contributed by atoms with Crippen LogP contribution >= 0.6 is 24.0 Å². The second-order valence-corrected chi connectivity index (χ2v) is 7.30. The molecule has 2 rings (SSSR count). The Morgan fingerprint density at radius 3 is 2.52 bits per heavy atom. The third-order valence-corrected chi connectivity index (χ3v) is 5.26. The molecule has 0 spiro atoms. The molecule has 5 nitrogen and oxygen atoms in total. The van der Waals surface area contributed by atoms with Crippen molar-refractivity contribution in [2.75, 3.05) is 6.54 Å². The number of rotatable bonds is 10. The van der Waals surface area contributed by atoms with E-state index in [1.807, 2.05) is 47.9 Å². The van der Waals surface area contributed by atoms with Crippen LogP contribution in [0.4, 0.5) is 0 Å². The average molecular weight is 405 g/mol. The van der Waals surface area contributed by atoms with Crippen LogP contribution in [0.15, 0.2) is 41.8 Å². The lowest BCUT2D eigenvalue weighted by Gasteiger charge is -2.08. The van der Waals surface area contributed by atoms with Crippen molar-refractivity contribution in [2.45, 2.75) is 31.4 Å². The van der Waals surface area contributed by atoms with E-state index in [2.05, 4.69) is 17.9 Å². The molecule has 0 aliphatic heterocycles. The number of hydrogen-bond acceptors (Lipinski definition) is 5. The van der Waals surface area contributed by atoms with E-state index in [9.17, 15) is 9.59 Å². The lowest BCUT2D eigenvalue weighted by Crippen LogP contribution is -2.25. The predicted molar refractivity (Wildman–Crippen MR) is 113 cm³/mol. The minimum atomic E-state index is -0.383. The van der Waals surface area contributed by atoms with Crippen molar-refractivity contribution in [1.82, 2.24) is 10.8 Å². The second-order valence-electron chi connectivity index (χ2n) is 6.04. The first-order valence-electron chi connectivity index (χ1n) is 8.80. The van der Waals surface area contributed by atoms with Crippen LogP contribution in [0.25, 0.3) is 11.6 Å². The van der Waals surface area contributed by atoms with Crippen molar-refractivity contribution in [3.05, 3.63) is 57.8 Å². The molecular formula is C20H24N2O3S2. The molecule has 3 N–H and O–H groups in total. The summed E-state index contributed by atoms with van der Waals surface area (Å²) in [4.78, 5) is 24.5. The Morgan fingerprint density at radius 2 is 1.89 bits per heavy atom. The van der Waals surface area contributed by atoms with Gasteiger partial charge in [0.25, 0.3) is 5.91 Å². The van der Waals surface area contributed by atoms with Crippen LogP contribution in [-0.4, -0.2) is 23.6 Å². The molecule has 7 heteroatoms. The number of thiophene rings is 1. The maximum atomic E-state index is 12.7. The molecule has 0 radical (unpaired) electrons. The first kappa shape index (κ1) is 21.2. The Kier molecular flexibility index (Phi) is 9.10. The third-order valence-electron chi connectivity index (χ3n) is 4.00. The van der Waals surface area contributed by atoms with Gasteiger partial charge in [-0.05, 0) is 41.5 Å². The summed E-state index contributed by atoms with van der Waals surface area (Å²) in [7, 11) is 0. The quantitative estimate of drug-likeness (QED) is 0.159. The van der Waals surface area contributed by atoms with Crippen molar-refractivity contribution < 1.29 is 14.8 Å². The van der Waals surface area contributed by atoms with Gasteiger partial charge in [0.15, 0.2) is 0 Å². The molecule has 144 valence electrons. The van der Waals surface area contributed by atoms with Crippen molar-refractivity contribution in [2.24, 2.45) is 0 Å². The fraction of sp³-hybridized carbons (Fsp3) is 0.300. The Morgan fingerprint density at radius 1 is 1.11 bits per heavy atom. The fourth-order valence-corrected chi connectivity index (χ4v) is 3.46. The third kappa shape index (κ3) is 7.21. The van der Waals surface area contributed by atoms with Crippen LogP contribution in [0.3, 0.4) is 0 Å². The van der Waals surface area contributed by atoms with Gasteiger partial charge >= 0.3 is 0 Å². The molecular weight excluding hydrogens is 380 g/mol. The Bertz CT molecular complexity index is 756. The van der Waals surface area contributed by atoms with Gasteiger partial charge in [-0.2, -0.15) is 12.6 Å². The molecule has 0 aliphatic rings. The summed E-state index contributed by atoms with van der Waals surface area (Å²) in [6.45, 7) is 0.543. The summed E-state index contributed by atoms with van der Waals surface area (Å²) < 4.78 is 0. The van der Waals surface area contributed by atoms with Crippen molar-refractivity contribution in [1.29, 1.82) is 0 Å². The number of unbranched alkanes of at least 4 members (excludes halogenated alkanes) is 2. The van der Waals surface area contributed by atoms with Crippen molar-refractivity contribution >= 4 is 47.4 Å². The van der Waals surface area contributed by atoms with Crippen LogP contribution in [0, 0.1) is 0 Å². The average Bonchev–Trinajstić information content (AvgIpc) is 3.23. The largest absolute Gasteiger partial charge is 0.352 e.